The van der Waals surface area contributed by atoms with Gasteiger partial charge in [-0.1, -0.05) is 0 Å². The predicted octanol–water partition coefficient (Wildman–Crippen LogP) is 0.794. The van der Waals surface area contributed by atoms with Gasteiger partial charge in [-0.2, -0.15) is 0 Å². The maximum absolute atomic E-state index is 12.0. The van der Waals surface area contributed by atoms with Gasteiger partial charge in [-0.15, -0.1) is 0 Å². The second-order valence-electron chi connectivity index (χ2n) is 4.66. The number of urea groups is 1. The van der Waals surface area contributed by atoms with E-state index >= 15 is 0 Å². The van der Waals surface area contributed by atoms with Crippen LogP contribution in [0.2, 0.25) is 0 Å². The van der Waals surface area contributed by atoms with E-state index in [0.29, 0.717) is 31.9 Å². The number of carbonyl (C=O) groups is 2. The van der Waals surface area contributed by atoms with Gasteiger partial charge in [0.1, 0.15) is 11.5 Å². The molecule has 0 aliphatic carbocycles. The Labute approximate surface area is 116 Å². The molecule has 7 nitrogen and oxygen atoms in total. The van der Waals surface area contributed by atoms with Crippen molar-refractivity contribution in [3.63, 3.8) is 0 Å². The van der Waals surface area contributed by atoms with Crippen LogP contribution in [0.1, 0.15) is 6.92 Å². The molecule has 1 aliphatic rings. The summed E-state index contributed by atoms with van der Waals surface area (Å²) >= 11 is 0. The lowest BCUT2D eigenvalue weighted by Gasteiger charge is -2.34. The SMILES string of the molecule is CC(=O)N1CCN(C(=O)Nc2cc(O)cc(O)c2)CC1. The monoisotopic (exact) mass is 279 g/mol. The number of rotatable bonds is 1. The van der Waals surface area contributed by atoms with Crippen LogP contribution in [0.4, 0.5) is 10.5 Å². The highest BCUT2D eigenvalue weighted by molar-refractivity contribution is 5.90. The van der Waals surface area contributed by atoms with Crippen molar-refractivity contribution >= 4 is 17.6 Å². The molecule has 0 bridgehead atoms. The van der Waals surface area contributed by atoms with E-state index in [9.17, 15) is 19.8 Å². The summed E-state index contributed by atoms with van der Waals surface area (Å²) in [6.45, 7) is 3.43. The Morgan fingerprint density at radius 3 is 2.00 bits per heavy atom. The molecule has 0 spiro atoms. The number of nitrogens with zero attached hydrogens (tertiary/aromatic N) is 2. The van der Waals surface area contributed by atoms with Crippen LogP contribution < -0.4 is 5.32 Å². The fourth-order valence-electron chi connectivity index (χ4n) is 2.09. The average Bonchev–Trinajstić information content (AvgIpc) is 2.37. The highest BCUT2D eigenvalue weighted by atomic mass is 16.3. The third-order valence-corrected chi connectivity index (χ3v) is 3.17. The Kier molecular flexibility index (Phi) is 3.97. The molecule has 1 aromatic rings. The number of carbonyl (C=O) groups excluding carboxylic acids is 2. The highest BCUT2D eigenvalue weighted by Crippen LogP contribution is 2.24. The molecule has 1 fully saturated rings. The van der Waals surface area contributed by atoms with Crippen molar-refractivity contribution in [3.05, 3.63) is 18.2 Å². The number of hydrogen-bond donors (Lipinski definition) is 3. The summed E-state index contributed by atoms with van der Waals surface area (Å²) in [5.41, 5.74) is 0.321. The van der Waals surface area contributed by atoms with E-state index in [2.05, 4.69) is 5.32 Å². The first-order valence-electron chi connectivity index (χ1n) is 6.30. The molecule has 20 heavy (non-hydrogen) atoms. The van der Waals surface area contributed by atoms with Gasteiger partial charge >= 0.3 is 6.03 Å². The Bertz CT molecular complexity index is 504. The summed E-state index contributed by atoms with van der Waals surface area (Å²) in [6.07, 6.45) is 0. The van der Waals surface area contributed by atoms with Crippen molar-refractivity contribution in [3.8, 4) is 11.5 Å². The summed E-state index contributed by atoms with van der Waals surface area (Å²) in [5, 5.41) is 21.3. The Morgan fingerprint density at radius 1 is 1.00 bits per heavy atom. The maximum Gasteiger partial charge on any atom is 0.321 e. The molecule has 1 aromatic carbocycles. The number of piperazine rings is 1. The summed E-state index contributed by atoms with van der Waals surface area (Å²) in [6, 6.07) is 3.56. The number of benzene rings is 1. The van der Waals surface area contributed by atoms with Crippen molar-refractivity contribution in [2.45, 2.75) is 6.92 Å². The van der Waals surface area contributed by atoms with Gasteiger partial charge < -0.3 is 25.3 Å². The fraction of sp³-hybridized carbons (Fsp3) is 0.385. The molecule has 1 heterocycles. The Balaban J connectivity index is 1.94. The molecule has 0 radical (unpaired) electrons. The third-order valence-electron chi connectivity index (χ3n) is 3.17. The van der Waals surface area contributed by atoms with Gasteiger partial charge in [-0.05, 0) is 0 Å². The van der Waals surface area contributed by atoms with Gasteiger partial charge in [-0.25, -0.2) is 4.79 Å². The van der Waals surface area contributed by atoms with Crippen LogP contribution in [0.15, 0.2) is 18.2 Å². The number of aromatic hydroxyl groups is 2. The second kappa shape index (κ2) is 5.68. The molecule has 3 N–H and O–H groups in total. The zero-order valence-corrected chi connectivity index (χ0v) is 11.2. The van der Waals surface area contributed by atoms with Crippen molar-refractivity contribution in [1.82, 2.24) is 9.80 Å². The zero-order valence-electron chi connectivity index (χ0n) is 11.2. The standard InChI is InChI=1S/C13H17N3O4/c1-9(17)15-2-4-16(5-3-15)13(20)14-10-6-11(18)8-12(19)7-10/h6-8,18-19H,2-5H2,1H3,(H,14,20). The quantitative estimate of drug-likeness (QED) is 0.708. The molecular weight excluding hydrogens is 262 g/mol. The van der Waals surface area contributed by atoms with E-state index in [1.807, 2.05) is 0 Å². The lowest BCUT2D eigenvalue weighted by atomic mass is 10.2. The first kappa shape index (κ1) is 14.0. The van der Waals surface area contributed by atoms with Crippen LogP contribution in [0.3, 0.4) is 0 Å². The summed E-state index contributed by atoms with van der Waals surface area (Å²) in [5.74, 6) is -0.244. The fourth-order valence-corrected chi connectivity index (χ4v) is 2.09. The van der Waals surface area contributed by atoms with E-state index in [1.165, 1.54) is 25.1 Å². The largest absolute Gasteiger partial charge is 0.508 e. The summed E-state index contributed by atoms with van der Waals surface area (Å²) in [4.78, 5) is 26.5. The summed E-state index contributed by atoms with van der Waals surface area (Å²) < 4.78 is 0. The highest BCUT2D eigenvalue weighted by Gasteiger charge is 2.22. The average molecular weight is 279 g/mol. The van der Waals surface area contributed by atoms with Crippen LogP contribution in [0.25, 0.3) is 0 Å². The Hall–Kier alpha value is -2.44. The van der Waals surface area contributed by atoms with Gasteiger partial charge in [0.2, 0.25) is 5.91 Å². The van der Waals surface area contributed by atoms with E-state index < -0.39 is 0 Å². The van der Waals surface area contributed by atoms with Crippen molar-refractivity contribution in [2.75, 3.05) is 31.5 Å². The molecule has 1 saturated heterocycles. The first-order valence-corrected chi connectivity index (χ1v) is 6.30. The maximum atomic E-state index is 12.0. The zero-order chi connectivity index (χ0) is 14.7. The molecule has 108 valence electrons. The minimum atomic E-state index is -0.321. The number of phenols is 2. The van der Waals surface area contributed by atoms with Gasteiger partial charge in [0, 0.05) is 57.0 Å². The molecule has 0 atom stereocenters. The van der Waals surface area contributed by atoms with Crippen molar-refractivity contribution < 1.29 is 19.8 Å². The van der Waals surface area contributed by atoms with Crippen LogP contribution in [0.5, 0.6) is 11.5 Å². The van der Waals surface area contributed by atoms with E-state index in [1.54, 1.807) is 9.80 Å². The number of hydrogen-bond acceptors (Lipinski definition) is 4. The predicted molar refractivity (Wildman–Crippen MR) is 72.6 cm³/mol. The molecule has 1 aliphatic heterocycles. The van der Waals surface area contributed by atoms with Gasteiger partial charge in [-0.3, -0.25) is 4.79 Å². The smallest absolute Gasteiger partial charge is 0.321 e. The van der Waals surface area contributed by atoms with E-state index in [4.69, 9.17) is 0 Å². The van der Waals surface area contributed by atoms with Crippen molar-refractivity contribution in [1.29, 1.82) is 0 Å². The lowest BCUT2D eigenvalue weighted by Crippen LogP contribution is -2.51. The van der Waals surface area contributed by atoms with Crippen molar-refractivity contribution in [2.24, 2.45) is 0 Å². The van der Waals surface area contributed by atoms with E-state index in [0.717, 1.165) is 0 Å². The molecule has 0 aromatic heterocycles. The number of anilines is 1. The van der Waals surface area contributed by atoms with Gasteiger partial charge in [0.25, 0.3) is 0 Å². The topological polar surface area (TPSA) is 93.1 Å². The van der Waals surface area contributed by atoms with E-state index in [-0.39, 0.29) is 23.4 Å². The minimum absolute atomic E-state index is 0.00274. The first-order chi connectivity index (χ1) is 9.45. The van der Waals surface area contributed by atoms with Crippen LogP contribution >= 0.6 is 0 Å². The Morgan fingerprint density at radius 2 is 1.50 bits per heavy atom. The van der Waals surface area contributed by atoms with Gasteiger partial charge in [0.15, 0.2) is 0 Å². The molecule has 3 amide bonds. The van der Waals surface area contributed by atoms with Crippen LogP contribution in [-0.2, 0) is 4.79 Å². The molecule has 0 unspecified atom stereocenters. The number of amides is 3. The number of nitrogens with one attached hydrogen (secondary N) is 1. The molecule has 0 saturated carbocycles. The molecule has 7 heteroatoms. The summed E-state index contributed by atoms with van der Waals surface area (Å²) in [7, 11) is 0. The van der Waals surface area contributed by atoms with Crippen LogP contribution in [-0.4, -0.2) is 58.1 Å². The van der Waals surface area contributed by atoms with Crippen LogP contribution in [0, 0.1) is 0 Å². The minimum Gasteiger partial charge on any atom is -0.508 e. The number of phenolic OH excluding ortho intramolecular Hbond substituents is 2. The molecule has 2 rings (SSSR count). The lowest BCUT2D eigenvalue weighted by molar-refractivity contribution is -0.130. The second-order valence-corrected chi connectivity index (χ2v) is 4.66. The normalized spacial score (nSPS) is 15.1. The van der Waals surface area contributed by atoms with Gasteiger partial charge in [0.05, 0.1) is 0 Å². The molecular formula is C13H17N3O4. The third kappa shape index (κ3) is 3.31.